The smallest absolute Gasteiger partial charge is 0.241 e. The van der Waals surface area contributed by atoms with Crippen molar-refractivity contribution in [3.05, 3.63) is 59.9 Å². The Morgan fingerprint density at radius 1 is 1.04 bits per heavy atom. The first-order chi connectivity index (χ1) is 11.6. The maximum Gasteiger partial charge on any atom is 0.241 e. The summed E-state index contributed by atoms with van der Waals surface area (Å²) < 4.78 is 13.0. The van der Waals surface area contributed by atoms with Crippen LogP contribution in [0.2, 0.25) is 0 Å². The first-order valence-corrected chi connectivity index (χ1v) is 8.21. The van der Waals surface area contributed by atoms with E-state index in [1.54, 1.807) is 12.1 Å². The Bertz CT molecular complexity index is 694. The lowest BCUT2D eigenvalue weighted by molar-refractivity contribution is -0.129. The Morgan fingerprint density at radius 3 is 2.38 bits per heavy atom. The zero-order valence-corrected chi connectivity index (χ0v) is 13.8. The van der Waals surface area contributed by atoms with Crippen molar-refractivity contribution in [2.75, 3.05) is 42.9 Å². The molecule has 4 nitrogen and oxygen atoms in total. The van der Waals surface area contributed by atoms with Gasteiger partial charge in [0.2, 0.25) is 5.91 Å². The zero-order chi connectivity index (χ0) is 16.9. The van der Waals surface area contributed by atoms with E-state index in [1.807, 2.05) is 36.1 Å². The van der Waals surface area contributed by atoms with Crippen molar-refractivity contribution in [2.45, 2.75) is 6.92 Å². The molecule has 0 spiro atoms. The van der Waals surface area contributed by atoms with Crippen LogP contribution in [0.5, 0.6) is 0 Å². The van der Waals surface area contributed by atoms with E-state index in [4.69, 9.17) is 0 Å². The molecule has 0 radical (unpaired) electrons. The quantitative estimate of drug-likeness (QED) is 0.938. The fourth-order valence-corrected chi connectivity index (χ4v) is 2.92. The van der Waals surface area contributed by atoms with Gasteiger partial charge in [0.1, 0.15) is 5.82 Å². The molecule has 1 aliphatic heterocycles. The van der Waals surface area contributed by atoms with Crippen LogP contribution in [0.1, 0.15) is 5.56 Å². The lowest BCUT2D eigenvalue weighted by atomic mass is 10.2. The standard InChI is InChI=1S/C19H22FN3O/c1-15-4-2-3-5-18(15)21-14-19(24)23-12-10-22(11-13-23)17-8-6-16(20)7-9-17/h2-9,21H,10-14H2,1H3. The number of anilines is 2. The number of benzene rings is 2. The van der Waals surface area contributed by atoms with E-state index in [0.717, 1.165) is 30.0 Å². The van der Waals surface area contributed by atoms with Crippen LogP contribution in [0.3, 0.4) is 0 Å². The highest BCUT2D eigenvalue weighted by atomic mass is 19.1. The minimum atomic E-state index is -0.227. The van der Waals surface area contributed by atoms with Gasteiger partial charge in [-0.1, -0.05) is 18.2 Å². The van der Waals surface area contributed by atoms with E-state index in [2.05, 4.69) is 10.2 Å². The van der Waals surface area contributed by atoms with Gasteiger partial charge in [0.25, 0.3) is 0 Å². The number of rotatable bonds is 4. The van der Waals surface area contributed by atoms with Gasteiger partial charge < -0.3 is 15.1 Å². The van der Waals surface area contributed by atoms with Gasteiger partial charge in [-0.2, -0.15) is 0 Å². The van der Waals surface area contributed by atoms with Crippen molar-refractivity contribution < 1.29 is 9.18 Å². The number of hydrogen-bond acceptors (Lipinski definition) is 3. The van der Waals surface area contributed by atoms with E-state index in [0.29, 0.717) is 19.6 Å². The maximum absolute atomic E-state index is 13.0. The van der Waals surface area contributed by atoms with Crippen LogP contribution in [0.4, 0.5) is 15.8 Å². The van der Waals surface area contributed by atoms with Gasteiger partial charge in [0, 0.05) is 37.6 Å². The topological polar surface area (TPSA) is 35.6 Å². The number of aryl methyl sites for hydroxylation is 1. The van der Waals surface area contributed by atoms with Gasteiger partial charge in [-0.25, -0.2) is 4.39 Å². The summed E-state index contributed by atoms with van der Waals surface area (Å²) in [4.78, 5) is 16.4. The molecule has 0 aliphatic carbocycles. The highest BCUT2D eigenvalue weighted by molar-refractivity contribution is 5.81. The van der Waals surface area contributed by atoms with Crippen molar-refractivity contribution in [1.29, 1.82) is 0 Å². The molecule has 2 aromatic carbocycles. The molecule has 1 heterocycles. The second-order valence-corrected chi connectivity index (χ2v) is 6.01. The van der Waals surface area contributed by atoms with Gasteiger partial charge in [-0.3, -0.25) is 4.79 Å². The van der Waals surface area contributed by atoms with E-state index in [-0.39, 0.29) is 11.7 Å². The summed E-state index contributed by atoms with van der Waals surface area (Å²) in [5, 5.41) is 3.21. The number of carbonyl (C=O) groups excluding carboxylic acids is 1. The molecule has 3 rings (SSSR count). The molecule has 1 saturated heterocycles. The number of carbonyl (C=O) groups is 1. The molecule has 126 valence electrons. The molecule has 1 amide bonds. The average molecular weight is 327 g/mol. The first-order valence-electron chi connectivity index (χ1n) is 8.21. The monoisotopic (exact) mass is 327 g/mol. The summed E-state index contributed by atoms with van der Waals surface area (Å²) in [5.41, 5.74) is 3.13. The Hall–Kier alpha value is -2.56. The Balaban J connectivity index is 1.50. The van der Waals surface area contributed by atoms with Crippen LogP contribution in [-0.4, -0.2) is 43.5 Å². The van der Waals surface area contributed by atoms with Crippen LogP contribution in [0.25, 0.3) is 0 Å². The van der Waals surface area contributed by atoms with Crippen LogP contribution >= 0.6 is 0 Å². The predicted molar refractivity (Wildman–Crippen MR) is 94.9 cm³/mol. The van der Waals surface area contributed by atoms with E-state index in [9.17, 15) is 9.18 Å². The molecule has 0 unspecified atom stereocenters. The second-order valence-electron chi connectivity index (χ2n) is 6.01. The summed E-state index contributed by atoms with van der Waals surface area (Å²) in [6.07, 6.45) is 0. The van der Waals surface area contributed by atoms with Crippen molar-refractivity contribution in [3.8, 4) is 0 Å². The third-order valence-corrected chi connectivity index (χ3v) is 4.40. The third-order valence-electron chi connectivity index (χ3n) is 4.40. The van der Waals surface area contributed by atoms with Gasteiger partial charge in [0.05, 0.1) is 6.54 Å². The number of hydrogen-bond donors (Lipinski definition) is 1. The lowest BCUT2D eigenvalue weighted by Crippen LogP contribution is -2.50. The number of halogens is 1. The Morgan fingerprint density at radius 2 is 1.71 bits per heavy atom. The largest absolute Gasteiger partial charge is 0.376 e. The van der Waals surface area contributed by atoms with E-state index < -0.39 is 0 Å². The molecule has 1 aliphatic rings. The van der Waals surface area contributed by atoms with Gasteiger partial charge in [-0.05, 0) is 42.8 Å². The number of nitrogens with one attached hydrogen (secondary N) is 1. The van der Waals surface area contributed by atoms with Crippen molar-refractivity contribution >= 4 is 17.3 Å². The summed E-state index contributed by atoms with van der Waals surface area (Å²) in [6, 6.07) is 14.5. The molecule has 0 atom stereocenters. The fourth-order valence-electron chi connectivity index (χ4n) is 2.92. The molecule has 5 heteroatoms. The molecular formula is C19H22FN3O. The molecule has 1 fully saturated rings. The number of piperazine rings is 1. The molecule has 0 saturated carbocycles. The second kappa shape index (κ2) is 7.34. The molecule has 1 N–H and O–H groups in total. The molecule has 2 aromatic rings. The highest BCUT2D eigenvalue weighted by Gasteiger charge is 2.21. The van der Waals surface area contributed by atoms with Crippen molar-refractivity contribution in [2.24, 2.45) is 0 Å². The highest BCUT2D eigenvalue weighted by Crippen LogP contribution is 2.17. The fraction of sp³-hybridized carbons (Fsp3) is 0.316. The zero-order valence-electron chi connectivity index (χ0n) is 13.8. The van der Waals surface area contributed by atoms with Crippen LogP contribution < -0.4 is 10.2 Å². The van der Waals surface area contributed by atoms with Crippen LogP contribution in [0, 0.1) is 12.7 Å². The van der Waals surface area contributed by atoms with Crippen LogP contribution in [-0.2, 0) is 4.79 Å². The van der Waals surface area contributed by atoms with Gasteiger partial charge in [-0.15, -0.1) is 0 Å². The summed E-state index contributed by atoms with van der Waals surface area (Å²) in [6.45, 7) is 5.23. The number of amides is 1. The lowest BCUT2D eigenvalue weighted by Gasteiger charge is -2.36. The Labute approximate surface area is 141 Å². The molecule has 24 heavy (non-hydrogen) atoms. The Kier molecular flexibility index (Phi) is 4.99. The summed E-state index contributed by atoms with van der Waals surface area (Å²) in [5.74, 6) is -0.119. The molecule has 0 bridgehead atoms. The number of para-hydroxylation sites is 1. The minimum absolute atomic E-state index is 0.108. The van der Waals surface area contributed by atoms with E-state index >= 15 is 0 Å². The first kappa shape index (κ1) is 16.3. The normalized spacial score (nSPS) is 14.6. The van der Waals surface area contributed by atoms with Crippen molar-refractivity contribution in [1.82, 2.24) is 4.90 Å². The average Bonchev–Trinajstić information content (AvgIpc) is 2.62. The summed E-state index contributed by atoms with van der Waals surface area (Å²) in [7, 11) is 0. The van der Waals surface area contributed by atoms with Crippen LogP contribution in [0.15, 0.2) is 48.5 Å². The molecular weight excluding hydrogens is 305 g/mol. The van der Waals surface area contributed by atoms with Gasteiger partial charge in [0.15, 0.2) is 0 Å². The minimum Gasteiger partial charge on any atom is -0.376 e. The van der Waals surface area contributed by atoms with E-state index in [1.165, 1.54) is 12.1 Å². The SMILES string of the molecule is Cc1ccccc1NCC(=O)N1CCN(c2ccc(F)cc2)CC1. The van der Waals surface area contributed by atoms with Crippen molar-refractivity contribution in [3.63, 3.8) is 0 Å². The summed E-state index contributed by atoms with van der Waals surface area (Å²) >= 11 is 0. The third kappa shape index (κ3) is 3.85. The number of nitrogens with zero attached hydrogens (tertiary/aromatic N) is 2. The molecule has 0 aromatic heterocycles. The maximum atomic E-state index is 13.0. The predicted octanol–water partition coefficient (Wildman–Crippen LogP) is 2.89. The van der Waals surface area contributed by atoms with Gasteiger partial charge >= 0.3 is 0 Å².